The number of amides is 5. The molecule has 0 saturated carbocycles. The predicted molar refractivity (Wildman–Crippen MR) is 231 cm³/mol. The minimum Gasteiger partial charge on any atom is -0.371 e. The average molecular weight is 842 g/mol. The van der Waals surface area contributed by atoms with Gasteiger partial charge < -0.3 is 19.6 Å². The smallest absolute Gasteiger partial charge is 0.262 e. The van der Waals surface area contributed by atoms with Gasteiger partial charge in [-0.15, -0.1) is 0 Å². The van der Waals surface area contributed by atoms with Crippen LogP contribution < -0.4 is 15.1 Å². The number of nitriles is 1. The van der Waals surface area contributed by atoms with Crippen LogP contribution in [0.25, 0.3) is 0 Å². The molecule has 2 atom stereocenters. The molecule has 0 aromatic heterocycles. The van der Waals surface area contributed by atoms with Crippen molar-refractivity contribution in [2.24, 2.45) is 10.8 Å². The van der Waals surface area contributed by atoms with Crippen LogP contribution in [0.5, 0.6) is 0 Å². The van der Waals surface area contributed by atoms with Gasteiger partial charge in [-0.25, -0.2) is 0 Å². The van der Waals surface area contributed by atoms with E-state index < -0.39 is 23.8 Å². The normalized spacial score (nSPS) is 25.0. The molecule has 6 heterocycles. The Morgan fingerprint density at radius 1 is 0.787 bits per heavy atom. The van der Waals surface area contributed by atoms with Gasteiger partial charge in [-0.2, -0.15) is 5.26 Å². The van der Waals surface area contributed by atoms with E-state index in [1.54, 1.807) is 0 Å². The number of nitrogens with zero attached hydrogens (tertiary/aromatic N) is 6. The second-order valence-corrected chi connectivity index (χ2v) is 19.4. The maximum atomic E-state index is 13.7. The highest BCUT2D eigenvalue weighted by Gasteiger charge is 2.48. The summed E-state index contributed by atoms with van der Waals surface area (Å²) in [6.45, 7) is 8.74. The third-order valence-corrected chi connectivity index (χ3v) is 15.8. The Morgan fingerprint density at radius 2 is 1.41 bits per heavy atom. The van der Waals surface area contributed by atoms with Gasteiger partial charge in [0.1, 0.15) is 12.1 Å². The summed E-state index contributed by atoms with van der Waals surface area (Å²) in [5, 5.41) is 12.1. The quantitative estimate of drug-likeness (QED) is 0.308. The van der Waals surface area contributed by atoms with Crippen LogP contribution >= 0.6 is 11.6 Å². The number of imide groups is 2. The summed E-state index contributed by atoms with van der Waals surface area (Å²) in [7, 11) is 0. The molecule has 5 fully saturated rings. The van der Waals surface area contributed by atoms with E-state index in [4.69, 9.17) is 11.6 Å². The third kappa shape index (κ3) is 7.07. The number of halogens is 1. The Hall–Kier alpha value is -5.25. The van der Waals surface area contributed by atoms with Crippen molar-refractivity contribution in [3.05, 3.63) is 93.0 Å². The Bertz CT molecular complexity index is 2320. The van der Waals surface area contributed by atoms with Crippen molar-refractivity contribution in [2.45, 2.75) is 95.7 Å². The lowest BCUT2D eigenvalue weighted by molar-refractivity contribution is -0.136. The van der Waals surface area contributed by atoms with Crippen LogP contribution in [0.1, 0.15) is 112 Å². The Morgan fingerprint density at radius 3 is 2.02 bits per heavy atom. The largest absolute Gasteiger partial charge is 0.371 e. The molecule has 10 rings (SSSR count). The van der Waals surface area contributed by atoms with E-state index in [-0.39, 0.29) is 35.5 Å². The number of likely N-dealkylation sites (tertiary alicyclic amines) is 2. The molecule has 12 nitrogen and oxygen atoms in total. The lowest BCUT2D eigenvalue weighted by atomic mass is 9.75. The number of carbonyl (C=O) groups is 5. The van der Waals surface area contributed by atoms with Crippen molar-refractivity contribution in [2.75, 3.05) is 55.6 Å². The van der Waals surface area contributed by atoms with Crippen LogP contribution in [0.3, 0.4) is 0 Å². The second kappa shape index (κ2) is 15.3. The van der Waals surface area contributed by atoms with Crippen LogP contribution in [0.4, 0.5) is 11.4 Å². The number of hydrogen-bond donors (Lipinski definition) is 1. The highest BCUT2D eigenvalue weighted by Crippen LogP contribution is 2.48. The molecule has 2 spiro atoms. The summed E-state index contributed by atoms with van der Waals surface area (Å²) in [6, 6.07) is 19.9. The number of nitrogens with one attached hydrogen (secondary N) is 1. The van der Waals surface area contributed by atoms with Crippen LogP contribution in [0.15, 0.2) is 54.6 Å². The number of hydrogen-bond acceptors (Lipinski definition) is 9. The van der Waals surface area contributed by atoms with Gasteiger partial charge in [0, 0.05) is 68.2 Å². The fraction of sp³-hybridized carbons (Fsp3) is 0.500. The first-order chi connectivity index (χ1) is 29.4. The SMILES string of the molecule is C[C@H]1CC2(CCN(c3ccc(C(=O)N4CCC(N5CCC6(CC5)Cc5cc7c(cc5C6)C(=O)N(C5CCC(=O)NC5=O)C7=O)CC4)cc3)CC2)CN1c1ccc(C#N)c(Cl)c1. The van der Waals surface area contributed by atoms with Gasteiger partial charge in [0.05, 0.1) is 21.7 Å². The van der Waals surface area contributed by atoms with Crippen molar-refractivity contribution < 1.29 is 24.0 Å². The zero-order valence-corrected chi connectivity index (χ0v) is 35.5. The van der Waals surface area contributed by atoms with Crippen LogP contribution in [0.2, 0.25) is 5.02 Å². The molecule has 7 aliphatic rings. The first-order valence-corrected chi connectivity index (χ1v) is 22.5. The number of carbonyl (C=O) groups excluding carboxylic acids is 5. The summed E-state index contributed by atoms with van der Waals surface area (Å²) < 4.78 is 0. The van der Waals surface area contributed by atoms with E-state index in [0.717, 1.165) is 131 Å². The summed E-state index contributed by atoms with van der Waals surface area (Å²) in [6.07, 6.45) is 9.39. The molecule has 5 amide bonds. The van der Waals surface area contributed by atoms with Crippen molar-refractivity contribution in [1.82, 2.24) is 20.0 Å². The number of fused-ring (bicyclic) bond motifs is 2. The summed E-state index contributed by atoms with van der Waals surface area (Å²) >= 11 is 6.39. The first-order valence-electron chi connectivity index (χ1n) is 22.1. The minimum atomic E-state index is -0.953. The van der Waals surface area contributed by atoms with E-state index in [1.165, 1.54) is 5.69 Å². The van der Waals surface area contributed by atoms with Gasteiger partial charge in [-0.05, 0) is 161 Å². The van der Waals surface area contributed by atoms with E-state index >= 15 is 0 Å². The molecule has 316 valence electrons. The van der Waals surface area contributed by atoms with Gasteiger partial charge in [0.25, 0.3) is 17.7 Å². The van der Waals surface area contributed by atoms with Crippen LogP contribution in [0, 0.1) is 22.2 Å². The molecule has 61 heavy (non-hydrogen) atoms. The fourth-order valence-corrected chi connectivity index (χ4v) is 12.2. The molecule has 0 bridgehead atoms. The minimum absolute atomic E-state index is 0.105. The topological polar surface area (TPSA) is 137 Å². The van der Waals surface area contributed by atoms with Crippen molar-refractivity contribution >= 4 is 52.5 Å². The Kier molecular flexibility index (Phi) is 9.98. The van der Waals surface area contributed by atoms with Crippen molar-refractivity contribution in [3.63, 3.8) is 0 Å². The summed E-state index contributed by atoms with van der Waals surface area (Å²) in [4.78, 5) is 75.4. The van der Waals surface area contributed by atoms with Gasteiger partial charge in [-0.1, -0.05) is 11.6 Å². The summed E-state index contributed by atoms with van der Waals surface area (Å²) in [5.41, 5.74) is 6.88. The second-order valence-electron chi connectivity index (χ2n) is 19.0. The molecule has 13 heteroatoms. The highest BCUT2D eigenvalue weighted by atomic mass is 35.5. The van der Waals surface area contributed by atoms with Crippen LogP contribution in [-0.4, -0.2) is 108 Å². The maximum Gasteiger partial charge on any atom is 0.262 e. The van der Waals surface area contributed by atoms with Crippen LogP contribution in [-0.2, 0) is 22.4 Å². The van der Waals surface area contributed by atoms with E-state index in [2.05, 4.69) is 45.1 Å². The number of piperidine rings is 4. The lowest BCUT2D eigenvalue weighted by Gasteiger charge is -2.45. The highest BCUT2D eigenvalue weighted by molar-refractivity contribution is 6.32. The molecule has 3 aromatic rings. The first kappa shape index (κ1) is 39.9. The zero-order chi connectivity index (χ0) is 42.2. The number of rotatable bonds is 5. The van der Waals surface area contributed by atoms with Crippen molar-refractivity contribution in [3.8, 4) is 6.07 Å². The van der Waals surface area contributed by atoms with E-state index in [9.17, 15) is 29.2 Å². The monoisotopic (exact) mass is 841 g/mol. The molecule has 1 aliphatic carbocycles. The molecule has 5 saturated heterocycles. The van der Waals surface area contributed by atoms with E-state index in [0.29, 0.717) is 33.8 Å². The molecular formula is C48H52ClN7O5. The van der Waals surface area contributed by atoms with E-state index in [1.807, 2.05) is 47.4 Å². The van der Waals surface area contributed by atoms with Gasteiger partial charge in [0.15, 0.2) is 0 Å². The average Bonchev–Trinajstić information content (AvgIpc) is 3.87. The summed E-state index contributed by atoms with van der Waals surface area (Å²) in [5.74, 6) is -1.74. The molecule has 1 unspecified atom stereocenters. The maximum absolute atomic E-state index is 13.7. The van der Waals surface area contributed by atoms with Gasteiger partial charge in [-0.3, -0.25) is 34.2 Å². The van der Waals surface area contributed by atoms with Gasteiger partial charge in [0.2, 0.25) is 11.8 Å². The Balaban J connectivity index is 0.689. The zero-order valence-electron chi connectivity index (χ0n) is 34.8. The molecule has 1 N–H and O–H groups in total. The molecule has 6 aliphatic heterocycles. The lowest BCUT2D eigenvalue weighted by Crippen LogP contribution is -2.54. The van der Waals surface area contributed by atoms with Gasteiger partial charge >= 0.3 is 0 Å². The Labute approximate surface area is 361 Å². The number of benzene rings is 3. The molecule has 3 aromatic carbocycles. The number of anilines is 2. The molecule has 0 radical (unpaired) electrons. The standard InChI is InChI=1S/C48H52ClN7O5/c1-30-25-48(29-55(30)37-7-4-32(28-50)40(49)24-37)14-20-52(21-15-48)35-5-2-31(3-6-35)44(59)54-16-10-36(11-17-54)53-18-12-47(13-19-53)26-33-22-38-39(23-34(33)27-47)46(61)56(45(38)60)41-8-9-42(57)51-43(41)58/h2-7,22-24,30,36,41H,8-21,25-27,29H2,1H3,(H,51,57,58)/t30-,41?/m0/s1. The van der Waals surface area contributed by atoms with Crippen molar-refractivity contribution in [1.29, 1.82) is 5.26 Å². The predicted octanol–water partition coefficient (Wildman–Crippen LogP) is 5.98. The molecular weight excluding hydrogens is 790 g/mol. The fourth-order valence-electron chi connectivity index (χ4n) is 12.0. The third-order valence-electron chi connectivity index (χ3n) is 15.5.